The zero-order valence-corrected chi connectivity index (χ0v) is 11.9. The van der Waals surface area contributed by atoms with Gasteiger partial charge in [0.25, 0.3) is 0 Å². The lowest BCUT2D eigenvalue weighted by atomic mass is 9.73. The molecule has 0 aromatic heterocycles. The number of hydrogen-bond acceptors (Lipinski definition) is 2. The molecule has 1 N–H and O–H groups in total. The third-order valence-corrected chi connectivity index (χ3v) is 4.09. The van der Waals surface area contributed by atoms with Gasteiger partial charge in [0.1, 0.15) is 0 Å². The van der Waals surface area contributed by atoms with Crippen molar-refractivity contribution in [1.82, 2.24) is 5.32 Å². The number of methoxy groups -OCH3 is 1. The molecule has 1 aliphatic carbocycles. The SMILES string of the molecule is CCNC(CCCOC)C1CCCCC1C(F)(F)F. The van der Waals surface area contributed by atoms with Gasteiger partial charge in [-0.1, -0.05) is 19.8 Å². The Morgan fingerprint density at radius 2 is 1.95 bits per heavy atom. The van der Waals surface area contributed by atoms with E-state index in [9.17, 15) is 13.2 Å². The summed E-state index contributed by atoms with van der Waals surface area (Å²) in [5.74, 6) is -1.40. The standard InChI is InChI=1S/C14H26F3NO/c1-3-18-13(9-6-10-19-2)11-7-4-5-8-12(11)14(15,16)17/h11-13,18H,3-10H2,1-2H3. The Kier molecular flexibility index (Phi) is 7.15. The molecule has 0 aromatic carbocycles. The summed E-state index contributed by atoms with van der Waals surface area (Å²) in [6, 6.07) is -0.0351. The highest BCUT2D eigenvalue weighted by Gasteiger charge is 2.47. The maximum absolute atomic E-state index is 13.1. The van der Waals surface area contributed by atoms with Gasteiger partial charge in [-0.3, -0.25) is 0 Å². The first kappa shape index (κ1) is 16.8. The number of ether oxygens (including phenoxy) is 1. The van der Waals surface area contributed by atoms with Gasteiger partial charge in [-0.25, -0.2) is 0 Å². The highest BCUT2D eigenvalue weighted by molar-refractivity contribution is 4.88. The highest BCUT2D eigenvalue weighted by Crippen LogP contribution is 2.43. The van der Waals surface area contributed by atoms with Crippen molar-refractivity contribution >= 4 is 0 Å². The molecule has 3 unspecified atom stereocenters. The van der Waals surface area contributed by atoms with Gasteiger partial charge in [-0.05, 0) is 38.1 Å². The summed E-state index contributed by atoms with van der Waals surface area (Å²) in [6.45, 7) is 3.29. The van der Waals surface area contributed by atoms with Crippen molar-refractivity contribution < 1.29 is 17.9 Å². The Bertz CT molecular complexity index is 245. The molecule has 1 aliphatic rings. The monoisotopic (exact) mass is 281 g/mol. The van der Waals surface area contributed by atoms with Crippen LogP contribution in [0.4, 0.5) is 13.2 Å². The molecule has 114 valence electrons. The highest BCUT2D eigenvalue weighted by atomic mass is 19.4. The molecular weight excluding hydrogens is 255 g/mol. The second kappa shape index (κ2) is 8.10. The number of alkyl halides is 3. The van der Waals surface area contributed by atoms with Gasteiger partial charge in [0.2, 0.25) is 0 Å². The van der Waals surface area contributed by atoms with E-state index in [1.807, 2.05) is 6.92 Å². The van der Waals surface area contributed by atoms with E-state index in [2.05, 4.69) is 5.32 Å². The molecular formula is C14H26F3NO. The van der Waals surface area contributed by atoms with Crippen LogP contribution in [0, 0.1) is 11.8 Å². The molecule has 0 aliphatic heterocycles. The number of nitrogens with one attached hydrogen (secondary N) is 1. The molecule has 0 aromatic rings. The molecule has 3 atom stereocenters. The minimum atomic E-state index is -4.06. The molecule has 1 rings (SSSR count). The first-order valence-electron chi connectivity index (χ1n) is 7.29. The van der Waals surface area contributed by atoms with Gasteiger partial charge in [0.05, 0.1) is 5.92 Å². The van der Waals surface area contributed by atoms with Gasteiger partial charge < -0.3 is 10.1 Å². The lowest BCUT2D eigenvalue weighted by Crippen LogP contribution is -2.45. The fourth-order valence-corrected chi connectivity index (χ4v) is 3.22. The zero-order chi connectivity index (χ0) is 14.3. The van der Waals surface area contributed by atoms with Crippen LogP contribution in [0.5, 0.6) is 0 Å². The molecule has 2 nitrogen and oxygen atoms in total. The summed E-state index contributed by atoms with van der Waals surface area (Å²) in [5.41, 5.74) is 0. The topological polar surface area (TPSA) is 21.3 Å². The third-order valence-electron chi connectivity index (χ3n) is 4.09. The van der Waals surface area contributed by atoms with Gasteiger partial charge in [0, 0.05) is 19.8 Å². The van der Waals surface area contributed by atoms with E-state index in [-0.39, 0.29) is 12.0 Å². The van der Waals surface area contributed by atoms with Gasteiger partial charge in [-0.15, -0.1) is 0 Å². The first-order valence-corrected chi connectivity index (χ1v) is 7.29. The van der Waals surface area contributed by atoms with Crippen molar-refractivity contribution in [3.8, 4) is 0 Å². The maximum atomic E-state index is 13.1. The van der Waals surface area contributed by atoms with Crippen LogP contribution in [0.3, 0.4) is 0 Å². The minimum Gasteiger partial charge on any atom is -0.385 e. The fourth-order valence-electron chi connectivity index (χ4n) is 3.22. The lowest BCUT2D eigenvalue weighted by Gasteiger charge is -2.38. The molecule has 0 spiro atoms. The van der Waals surface area contributed by atoms with Crippen molar-refractivity contribution in [2.45, 2.75) is 57.7 Å². The van der Waals surface area contributed by atoms with E-state index >= 15 is 0 Å². The van der Waals surface area contributed by atoms with Crippen LogP contribution in [0.1, 0.15) is 45.4 Å². The van der Waals surface area contributed by atoms with Crippen molar-refractivity contribution in [1.29, 1.82) is 0 Å². The van der Waals surface area contributed by atoms with E-state index < -0.39 is 12.1 Å². The average molecular weight is 281 g/mol. The second-order valence-electron chi connectivity index (χ2n) is 5.40. The minimum absolute atomic E-state index is 0.0351. The van der Waals surface area contributed by atoms with Crippen molar-refractivity contribution in [2.75, 3.05) is 20.3 Å². The maximum Gasteiger partial charge on any atom is 0.392 e. The number of rotatable bonds is 7. The van der Waals surface area contributed by atoms with Crippen LogP contribution >= 0.6 is 0 Å². The summed E-state index contributed by atoms with van der Waals surface area (Å²) < 4.78 is 44.4. The van der Waals surface area contributed by atoms with Crippen LogP contribution < -0.4 is 5.32 Å². The number of halogens is 3. The normalized spacial score (nSPS) is 26.4. The molecule has 1 saturated carbocycles. The van der Waals surface area contributed by atoms with Crippen LogP contribution in [0.25, 0.3) is 0 Å². The van der Waals surface area contributed by atoms with Gasteiger partial charge >= 0.3 is 6.18 Å². The van der Waals surface area contributed by atoms with Crippen LogP contribution in [-0.4, -0.2) is 32.5 Å². The predicted molar refractivity (Wildman–Crippen MR) is 70.1 cm³/mol. The van der Waals surface area contributed by atoms with Gasteiger partial charge in [-0.2, -0.15) is 13.2 Å². The predicted octanol–water partition coefficient (Wildman–Crippen LogP) is 3.76. The molecule has 0 bridgehead atoms. The van der Waals surface area contributed by atoms with Crippen LogP contribution in [0.2, 0.25) is 0 Å². The second-order valence-corrected chi connectivity index (χ2v) is 5.40. The summed E-state index contributed by atoms with van der Waals surface area (Å²) in [7, 11) is 1.63. The Balaban J connectivity index is 2.67. The largest absolute Gasteiger partial charge is 0.392 e. The van der Waals surface area contributed by atoms with Crippen molar-refractivity contribution in [3.63, 3.8) is 0 Å². The summed E-state index contributed by atoms with van der Waals surface area (Å²) in [4.78, 5) is 0. The fraction of sp³-hybridized carbons (Fsp3) is 1.00. The molecule has 0 heterocycles. The third kappa shape index (κ3) is 5.30. The molecule has 0 amide bonds. The van der Waals surface area contributed by atoms with Gasteiger partial charge in [0.15, 0.2) is 0 Å². The van der Waals surface area contributed by atoms with Crippen molar-refractivity contribution in [3.05, 3.63) is 0 Å². The van der Waals surface area contributed by atoms with E-state index in [0.29, 0.717) is 25.9 Å². The Hall–Kier alpha value is -0.290. The van der Waals surface area contributed by atoms with E-state index in [0.717, 1.165) is 25.8 Å². The van der Waals surface area contributed by atoms with Crippen LogP contribution in [0.15, 0.2) is 0 Å². The zero-order valence-electron chi connectivity index (χ0n) is 11.9. The Morgan fingerprint density at radius 1 is 1.26 bits per heavy atom. The quantitative estimate of drug-likeness (QED) is 0.717. The summed E-state index contributed by atoms with van der Waals surface area (Å²) in [5, 5.41) is 3.26. The lowest BCUT2D eigenvalue weighted by molar-refractivity contribution is -0.199. The Labute approximate surface area is 114 Å². The van der Waals surface area contributed by atoms with E-state index in [1.54, 1.807) is 7.11 Å². The molecule has 5 heteroatoms. The first-order chi connectivity index (χ1) is 9.00. The molecule has 0 saturated heterocycles. The molecule has 1 fully saturated rings. The van der Waals surface area contributed by atoms with E-state index in [1.165, 1.54) is 0 Å². The smallest absolute Gasteiger partial charge is 0.385 e. The molecule has 19 heavy (non-hydrogen) atoms. The van der Waals surface area contributed by atoms with E-state index in [4.69, 9.17) is 4.74 Å². The Morgan fingerprint density at radius 3 is 2.53 bits per heavy atom. The average Bonchev–Trinajstić information content (AvgIpc) is 2.37. The van der Waals surface area contributed by atoms with Crippen molar-refractivity contribution in [2.24, 2.45) is 11.8 Å². The summed E-state index contributed by atoms with van der Waals surface area (Å²) >= 11 is 0. The van der Waals surface area contributed by atoms with Crippen LogP contribution in [-0.2, 0) is 4.74 Å². The number of hydrogen-bond donors (Lipinski definition) is 1. The molecule has 0 radical (unpaired) electrons. The summed E-state index contributed by atoms with van der Waals surface area (Å²) in [6.07, 6.45) is 0.129.